The van der Waals surface area contributed by atoms with Gasteiger partial charge in [-0.3, -0.25) is 0 Å². The molecule has 2 aromatic carbocycles. The van der Waals surface area contributed by atoms with E-state index in [4.69, 9.17) is 34.8 Å². The highest BCUT2D eigenvalue weighted by Gasteiger charge is 2.11. The molecule has 0 radical (unpaired) electrons. The summed E-state index contributed by atoms with van der Waals surface area (Å²) < 4.78 is 0. The van der Waals surface area contributed by atoms with Crippen LogP contribution in [-0.4, -0.2) is 5.11 Å². The molecule has 2 aromatic rings. The molecule has 2 N–H and O–H groups in total. The minimum absolute atomic E-state index is 0.0354. The van der Waals surface area contributed by atoms with Gasteiger partial charge in [-0.25, -0.2) is 0 Å². The first-order valence-corrected chi connectivity index (χ1v) is 6.81. The SMILES string of the molecule is CC(Nc1ccc(O)c(Cl)c1)c1cc(Cl)ccc1Cl. The van der Waals surface area contributed by atoms with Crippen molar-refractivity contribution in [3.8, 4) is 5.75 Å². The molecule has 0 aliphatic rings. The maximum Gasteiger partial charge on any atom is 0.134 e. The van der Waals surface area contributed by atoms with Crippen LogP contribution in [0, 0.1) is 0 Å². The number of rotatable bonds is 3. The summed E-state index contributed by atoms with van der Waals surface area (Å²) in [6.45, 7) is 1.97. The summed E-state index contributed by atoms with van der Waals surface area (Å²) in [6, 6.07) is 10.2. The second-order valence-electron chi connectivity index (χ2n) is 4.20. The second-order valence-corrected chi connectivity index (χ2v) is 5.45. The van der Waals surface area contributed by atoms with Crippen LogP contribution in [0.15, 0.2) is 36.4 Å². The number of phenols is 1. The van der Waals surface area contributed by atoms with Gasteiger partial charge in [0, 0.05) is 15.7 Å². The summed E-state index contributed by atoms with van der Waals surface area (Å²) in [5.41, 5.74) is 1.70. The topological polar surface area (TPSA) is 32.3 Å². The van der Waals surface area contributed by atoms with Crippen molar-refractivity contribution in [2.45, 2.75) is 13.0 Å². The zero-order valence-corrected chi connectivity index (χ0v) is 12.4. The van der Waals surface area contributed by atoms with Gasteiger partial charge in [-0.2, -0.15) is 0 Å². The van der Waals surface area contributed by atoms with E-state index in [0.29, 0.717) is 15.1 Å². The Morgan fingerprint density at radius 3 is 2.42 bits per heavy atom. The summed E-state index contributed by atoms with van der Waals surface area (Å²) in [6.07, 6.45) is 0. The molecule has 2 nitrogen and oxygen atoms in total. The van der Waals surface area contributed by atoms with Gasteiger partial charge in [0.05, 0.1) is 11.1 Å². The van der Waals surface area contributed by atoms with E-state index >= 15 is 0 Å². The van der Waals surface area contributed by atoms with Crippen LogP contribution in [0.25, 0.3) is 0 Å². The molecule has 2 rings (SSSR count). The molecule has 0 aliphatic heterocycles. The lowest BCUT2D eigenvalue weighted by molar-refractivity contribution is 0.475. The molecule has 100 valence electrons. The highest BCUT2D eigenvalue weighted by molar-refractivity contribution is 6.33. The lowest BCUT2D eigenvalue weighted by Crippen LogP contribution is -2.07. The molecule has 1 unspecified atom stereocenters. The third-order valence-corrected chi connectivity index (χ3v) is 3.64. The van der Waals surface area contributed by atoms with Gasteiger partial charge in [-0.15, -0.1) is 0 Å². The first-order chi connectivity index (χ1) is 8.97. The van der Waals surface area contributed by atoms with Crippen LogP contribution in [0.5, 0.6) is 5.75 Å². The van der Waals surface area contributed by atoms with Crippen LogP contribution in [0.2, 0.25) is 15.1 Å². The van der Waals surface area contributed by atoms with Crippen LogP contribution >= 0.6 is 34.8 Å². The Morgan fingerprint density at radius 2 is 1.74 bits per heavy atom. The standard InChI is InChI=1S/C14H12Cl3NO/c1-8(11-6-9(15)2-4-12(11)16)18-10-3-5-14(19)13(17)7-10/h2-8,18-19H,1H3. The van der Waals surface area contributed by atoms with E-state index in [2.05, 4.69) is 5.32 Å². The van der Waals surface area contributed by atoms with Gasteiger partial charge in [0.1, 0.15) is 5.75 Å². The van der Waals surface area contributed by atoms with Gasteiger partial charge in [0.2, 0.25) is 0 Å². The molecular weight excluding hydrogens is 305 g/mol. The number of anilines is 1. The molecular formula is C14H12Cl3NO. The van der Waals surface area contributed by atoms with Gasteiger partial charge in [0.25, 0.3) is 0 Å². The summed E-state index contributed by atoms with van der Waals surface area (Å²) in [4.78, 5) is 0. The van der Waals surface area contributed by atoms with Crippen LogP contribution in [-0.2, 0) is 0 Å². The molecule has 0 spiro atoms. The van der Waals surface area contributed by atoms with E-state index in [-0.39, 0.29) is 11.8 Å². The molecule has 0 aromatic heterocycles. The maximum atomic E-state index is 9.38. The highest BCUT2D eigenvalue weighted by atomic mass is 35.5. The summed E-state index contributed by atoms with van der Waals surface area (Å²) in [7, 11) is 0. The lowest BCUT2D eigenvalue weighted by Gasteiger charge is -2.17. The quantitative estimate of drug-likeness (QED) is 0.730. The Kier molecular flexibility index (Phi) is 4.46. The number of hydrogen-bond donors (Lipinski definition) is 2. The van der Waals surface area contributed by atoms with Crippen molar-refractivity contribution in [2.24, 2.45) is 0 Å². The van der Waals surface area contributed by atoms with E-state index in [1.807, 2.05) is 13.0 Å². The van der Waals surface area contributed by atoms with Gasteiger partial charge in [0.15, 0.2) is 0 Å². The van der Waals surface area contributed by atoms with Crippen molar-refractivity contribution < 1.29 is 5.11 Å². The Morgan fingerprint density at radius 1 is 1.00 bits per heavy atom. The zero-order chi connectivity index (χ0) is 14.0. The Hall–Kier alpha value is -1.09. The molecule has 0 amide bonds. The lowest BCUT2D eigenvalue weighted by atomic mass is 10.1. The minimum atomic E-state index is -0.0354. The zero-order valence-electron chi connectivity index (χ0n) is 10.1. The van der Waals surface area contributed by atoms with E-state index in [1.165, 1.54) is 6.07 Å². The summed E-state index contributed by atoms with van der Waals surface area (Å²) >= 11 is 18.0. The van der Waals surface area contributed by atoms with Crippen molar-refractivity contribution in [3.05, 3.63) is 57.0 Å². The largest absolute Gasteiger partial charge is 0.506 e. The maximum absolute atomic E-state index is 9.38. The third-order valence-electron chi connectivity index (χ3n) is 2.76. The smallest absolute Gasteiger partial charge is 0.134 e. The minimum Gasteiger partial charge on any atom is -0.506 e. The van der Waals surface area contributed by atoms with E-state index < -0.39 is 0 Å². The van der Waals surface area contributed by atoms with Crippen molar-refractivity contribution in [3.63, 3.8) is 0 Å². The van der Waals surface area contributed by atoms with E-state index in [0.717, 1.165) is 11.3 Å². The van der Waals surface area contributed by atoms with E-state index in [1.54, 1.807) is 24.3 Å². The highest BCUT2D eigenvalue weighted by Crippen LogP contribution is 2.31. The van der Waals surface area contributed by atoms with Gasteiger partial charge >= 0.3 is 0 Å². The molecule has 1 atom stereocenters. The average Bonchev–Trinajstić information content (AvgIpc) is 2.36. The number of phenolic OH excluding ortho intramolecular Hbond substituents is 1. The number of aromatic hydroxyl groups is 1. The summed E-state index contributed by atoms with van der Waals surface area (Å²) in [5, 5.41) is 14.2. The molecule has 0 saturated carbocycles. The predicted molar refractivity (Wildman–Crippen MR) is 81.6 cm³/mol. The van der Waals surface area contributed by atoms with Gasteiger partial charge in [-0.05, 0) is 48.9 Å². The van der Waals surface area contributed by atoms with Gasteiger partial charge < -0.3 is 10.4 Å². The molecule has 0 saturated heterocycles. The fourth-order valence-electron chi connectivity index (χ4n) is 1.77. The van der Waals surface area contributed by atoms with Crippen LogP contribution < -0.4 is 5.32 Å². The average molecular weight is 317 g/mol. The fourth-order valence-corrected chi connectivity index (χ4v) is 2.41. The van der Waals surface area contributed by atoms with Crippen molar-refractivity contribution in [1.29, 1.82) is 0 Å². The number of halogens is 3. The number of hydrogen-bond acceptors (Lipinski definition) is 2. The normalized spacial score (nSPS) is 12.2. The van der Waals surface area contributed by atoms with E-state index in [9.17, 15) is 5.11 Å². The van der Waals surface area contributed by atoms with Crippen LogP contribution in [0.4, 0.5) is 5.69 Å². The number of benzene rings is 2. The Bertz CT molecular complexity index is 601. The first kappa shape index (κ1) is 14.3. The molecule has 0 aliphatic carbocycles. The molecule has 5 heteroatoms. The summed E-state index contributed by atoms with van der Waals surface area (Å²) in [5.74, 6) is 0.0562. The third kappa shape index (κ3) is 3.47. The van der Waals surface area contributed by atoms with Crippen LogP contribution in [0.3, 0.4) is 0 Å². The van der Waals surface area contributed by atoms with Crippen molar-refractivity contribution in [2.75, 3.05) is 5.32 Å². The molecule has 0 heterocycles. The number of nitrogens with one attached hydrogen (secondary N) is 1. The first-order valence-electron chi connectivity index (χ1n) is 5.67. The second kappa shape index (κ2) is 5.91. The van der Waals surface area contributed by atoms with Crippen molar-refractivity contribution >= 4 is 40.5 Å². The molecule has 19 heavy (non-hydrogen) atoms. The Labute approximate surface area is 126 Å². The Balaban J connectivity index is 2.22. The monoisotopic (exact) mass is 315 g/mol. The molecule has 0 fully saturated rings. The van der Waals surface area contributed by atoms with Crippen molar-refractivity contribution in [1.82, 2.24) is 0 Å². The van der Waals surface area contributed by atoms with Crippen LogP contribution in [0.1, 0.15) is 18.5 Å². The molecule has 0 bridgehead atoms. The fraction of sp³-hybridized carbons (Fsp3) is 0.143. The predicted octanol–water partition coefficient (Wildman–Crippen LogP) is 5.53. The van der Waals surface area contributed by atoms with Gasteiger partial charge in [-0.1, -0.05) is 34.8 Å².